The fraction of sp³-hybridized carbons (Fsp3) is 0.444. The number of likely N-dealkylation sites (tertiary alicyclic amines) is 1. The van der Waals surface area contributed by atoms with Crippen LogP contribution in [0.1, 0.15) is 18.5 Å². The van der Waals surface area contributed by atoms with Gasteiger partial charge >= 0.3 is 0 Å². The van der Waals surface area contributed by atoms with Crippen molar-refractivity contribution in [2.45, 2.75) is 24.1 Å². The molecule has 0 bridgehead atoms. The molecule has 4 nitrogen and oxygen atoms in total. The molecule has 140 valence electrons. The van der Waals surface area contributed by atoms with Crippen molar-refractivity contribution in [2.75, 3.05) is 25.4 Å². The van der Waals surface area contributed by atoms with Crippen LogP contribution in [0.25, 0.3) is 0 Å². The Hall–Kier alpha value is -0.950. The normalized spacial score (nSPS) is 15.3. The Morgan fingerprint density at radius 2 is 2.15 bits per heavy atom. The molecule has 0 atom stereocenters. The van der Waals surface area contributed by atoms with Crippen LogP contribution in [0.3, 0.4) is 0 Å². The van der Waals surface area contributed by atoms with E-state index >= 15 is 0 Å². The van der Waals surface area contributed by atoms with Crippen LogP contribution in [0.4, 0.5) is 0 Å². The lowest BCUT2D eigenvalue weighted by molar-refractivity contribution is -0.134. The number of hydrogen-bond donors (Lipinski definition) is 0. The summed E-state index contributed by atoms with van der Waals surface area (Å²) in [5.41, 5.74) is 1.08. The Morgan fingerprint density at radius 3 is 2.81 bits per heavy atom. The van der Waals surface area contributed by atoms with Crippen molar-refractivity contribution in [1.29, 1.82) is 0 Å². The number of thiazole rings is 1. The molecular weight excluding hydrogens is 411 g/mol. The highest BCUT2D eigenvalue weighted by atomic mass is 35.5. The molecule has 1 aromatic heterocycles. The monoisotopic (exact) mass is 430 g/mol. The van der Waals surface area contributed by atoms with Gasteiger partial charge in [-0.25, -0.2) is 4.98 Å². The van der Waals surface area contributed by atoms with Gasteiger partial charge in [-0.15, -0.1) is 11.3 Å². The van der Waals surface area contributed by atoms with E-state index in [0.29, 0.717) is 21.7 Å². The quantitative estimate of drug-likeness (QED) is 0.592. The number of aryl methyl sites for hydroxylation is 1. The second-order valence-corrected chi connectivity index (χ2v) is 9.22. The fourth-order valence-corrected chi connectivity index (χ4v) is 5.28. The van der Waals surface area contributed by atoms with E-state index in [0.717, 1.165) is 41.7 Å². The van der Waals surface area contributed by atoms with Gasteiger partial charge < -0.3 is 9.64 Å². The van der Waals surface area contributed by atoms with E-state index in [1.54, 1.807) is 29.5 Å². The van der Waals surface area contributed by atoms with E-state index in [4.69, 9.17) is 27.9 Å². The summed E-state index contributed by atoms with van der Waals surface area (Å²) >= 11 is 15.4. The van der Waals surface area contributed by atoms with Crippen molar-refractivity contribution in [3.63, 3.8) is 0 Å². The van der Waals surface area contributed by atoms with Crippen LogP contribution in [-0.2, 0) is 4.79 Å². The van der Waals surface area contributed by atoms with E-state index in [2.05, 4.69) is 10.4 Å². The van der Waals surface area contributed by atoms with Gasteiger partial charge in [-0.3, -0.25) is 4.79 Å². The highest BCUT2D eigenvalue weighted by molar-refractivity contribution is 8.01. The molecule has 2 aromatic rings. The number of thioether (sulfide) groups is 1. The molecule has 0 aliphatic carbocycles. The van der Waals surface area contributed by atoms with E-state index in [9.17, 15) is 4.79 Å². The van der Waals surface area contributed by atoms with Crippen LogP contribution in [0.15, 0.2) is 27.9 Å². The van der Waals surface area contributed by atoms with Crippen molar-refractivity contribution in [1.82, 2.24) is 9.88 Å². The van der Waals surface area contributed by atoms with Gasteiger partial charge in [0.15, 0.2) is 6.61 Å². The largest absolute Gasteiger partial charge is 0.482 e. The molecule has 1 saturated heterocycles. The van der Waals surface area contributed by atoms with Gasteiger partial charge in [0.25, 0.3) is 5.91 Å². The smallest absolute Gasteiger partial charge is 0.260 e. The standard InChI is InChI=1S/C18H20Cl2N2O2S2/c1-12-10-25-18(21-12)26-11-13-4-6-22(7-5-13)17(23)9-24-16-3-2-14(19)8-15(16)20/h2-3,8,10,13H,4-7,9,11H2,1H3. The summed E-state index contributed by atoms with van der Waals surface area (Å²) in [5.74, 6) is 2.17. The zero-order valence-electron chi connectivity index (χ0n) is 14.4. The number of amides is 1. The number of hydrogen-bond acceptors (Lipinski definition) is 5. The Morgan fingerprint density at radius 1 is 1.38 bits per heavy atom. The number of benzene rings is 1. The molecule has 1 aliphatic heterocycles. The predicted molar refractivity (Wildman–Crippen MR) is 109 cm³/mol. The number of nitrogens with zero attached hydrogens (tertiary/aromatic N) is 2. The lowest BCUT2D eigenvalue weighted by atomic mass is 9.99. The van der Waals surface area contributed by atoms with Gasteiger partial charge in [-0.1, -0.05) is 35.0 Å². The maximum absolute atomic E-state index is 12.4. The van der Waals surface area contributed by atoms with Gasteiger partial charge in [0, 0.05) is 34.9 Å². The average Bonchev–Trinajstić information content (AvgIpc) is 3.05. The third-order valence-corrected chi connectivity index (χ3v) is 7.15. The minimum atomic E-state index is -0.00216. The molecule has 2 heterocycles. The van der Waals surface area contributed by atoms with Crippen molar-refractivity contribution >= 4 is 52.2 Å². The van der Waals surface area contributed by atoms with E-state index in [1.165, 1.54) is 0 Å². The van der Waals surface area contributed by atoms with Gasteiger partial charge in [0.1, 0.15) is 10.1 Å². The molecule has 0 N–H and O–H groups in total. The molecule has 26 heavy (non-hydrogen) atoms. The number of halogens is 2. The lowest BCUT2D eigenvalue weighted by Crippen LogP contribution is -2.41. The number of carbonyl (C=O) groups excluding carboxylic acids is 1. The highest BCUT2D eigenvalue weighted by Gasteiger charge is 2.23. The van der Waals surface area contributed by atoms with E-state index in [1.807, 2.05) is 23.6 Å². The molecule has 0 saturated carbocycles. The molecule has 0 spiro atoms. The molecule has 0 radical (unpaired) electrons. The fourth-order valence-electron chi connectivity index (χ4n) is 2.76. The molecule has 1 fully saturated rings. The zero-order valence-corrected chi connectivity index (χ0v) is 17.6. The first-order chi connectivity index (χ1) is 12.5. The van der Waals surface area contributed by atoms with Crippen LogP contribution < -0.4 is 4.74 Å². The number of piperidine rings is 1. The molecule has 3 rings (SSSR count). The number of aromatic nitrogens is 1. The number of ether oxygens (including phenoxy) is 1. The minimum absolute atomic E-state index is 0.000832. The number of rotatable bonds is 6. The van der Waals surface area contributed by atoms with Crippen LogP contribution in [0, 0.1) is 12.8 Å². The first kappa shape index (κ1) is 19.8. The summed E-state index contributed by atoms with van der Waals surface area (Å²) in [7, 11) is 0. The predicted octanol–water partition coefficient (Wildman–Crippen LogP) is 5.17. The molecule has 0 unspecified atom stereocenters. The van der Waals surface area contributed by atoms with Crippen LogP contribution in [0.5, 0.6) is 5.75 Å². The van der Waals surface area contributed by atoms with Crippen LogP contribution in [-0.4, -0.2) is 41.2 Å². The molecule has 1 aromatic carbocycles. The van der Waals surface area contributed by atoms with Gasteiger partial charge in [-0.2, -0.15) is 0 Å². The summed E-state index contributed by atoms with van der Waals surface area (Å²) in [5, 5.41) is 3.04. The Bertz CT molecular complexity index is 761. The van der Waals surface area contributed by atoms with Crippen molar-refractivity contribution in [2.24, 2.45) is 5.92 Å². The van der Waals surface area contributed by atoms with Crippen LogP contribution >= 0.6 is 46.3 Å². The van der Waals surface area contributed by atoms with Crippen LogP contribution in [0.2, 0.25) is 10.0 Å². The highest BCUT2D eigenvalue weighted by Crippen LogP contribution is 2.29. The van der Waals surface area contributed by atoms with Crippen molar-refractivity contribution in [3.05, 3.63) is 39.3 Å². The van der Waals surface area contributed by atoms with Gasteiger partial charge in [-0.05, 0) is 43.9 Å². The number of carbonyl (C=O) groups is 1. The van der Waals surface area contributed by atoms with Crippen molar-refractivity contribution < 1.29 is 9.53 Å². The summed E-state index contributed by atoms with van der Waals surface area (Å²) in [4.78, 5) is 18.7. The third-order valence-electron chi connectivity index (χ3n) is 4.25. The molecule has 1 aliphatic rings. The topological polar surface area (TPSA) is 42.4 Å². The summed E-state index contributed by atoms with van der Waals surface area (Å²) in [6.07, 6.45) is 2.04. The Kier molecular flexibility index (Phi) is 7.09. The average molecular weight is 431 g/mol. The van der Waals surface area contributed by atoms with Gasteiger partial charge in [0.2, 0.25) is 0 Å². The first-order valence-corrected chi connectivity index (χ1v) is 11.0. The maximum atomic E-state index is 12.4. The van der Waals surface area contributed by atoms with E-state index in [-0.39, 0.29) is 12.5 Å². The second-order valence-electron chi connectivity index (χ2n) is 6.25. The SMILES string of the molecule is Cc1csc(SCC2CCN(C(=O)COc3ccc(Cl)cc3Cl)CC2)n1. The summed E-state index contributed by atoms with van der Waals surface area (Å²) in [6.45, 7) is 3.57. The second kappa shape index (κ2) is 9.31. The lowest BCUT2D eigenvalue weighted by Gasteiger charge is -2.31. The Labute approximate surface area is 171 Å². The molecule has 8 heteroatoms. The minimum Gasteiger partial charge on any atom is -0.482 e. The summed E-state index contributed by atoms with van der Waals surface area (Å²) < 4.78 is 6.68. The maximum Gasteiger partial charge on any atom is 0.260 e. The summed E-state index contributed by atoms with van der Waals surface area (Å²) in [6, 6.07) is 4.98. The van der Waals surface area contributed by atoms with E-state index < -0.39 is 0 Å². The molecular formula is C18H20Cl2N2O2S2. The zero-order chi connectivity index (χ0) is 18.5. The van der Waals surface area contributed by atoms with Gasteiger partial charge in [0.05, 0.1) is 5.02 Å². The Balaban J connectivity index is 1.40. The molecule has 1 amide bonds. The van der Waals surface area contributed by atoms with Crippen molar-refractivity contribution in [3.8, 4) is 5.75 Å². The third kappa shape index (κ3) is 5.52. The first-order valence-electron chi connectivity index (χ1n) is 8.42.